The van der Waals surface area contributed by atoms with Gasteiger partial charge in [-0.15, -0.1) is 11.3 Å². The molecule has 0 saturated carbocycles. The number of thiophene rings is 1. The van der Waals surface area contributed by atoms with Crippen molar-refractivity contribution < 1.29 is 0 Å². The minimum Gasteiger partial charge on any atom is -0.315 e. The number of nitrogens with one attached hydrogen (secondary N) is 1. The second-order valence-corrected chi connectivity index (χ2v) is 6.07. The molecule has 1 aromatic rings. The molecule has 2 aliphatic rings. The Kier molecular flexibility index (Phi) is 3.76. The summed E-state index contributed by atoms with van der Waals surface area (Å²) in [5.74, 6) is 0. The predicted molar refractivity (Wildman–Crippen MR) is 72.4 cm³/mol. The summed E-state index contributed by atoms with van der Waals surface area (Å²) < 4.78 is 0. The van der Waals surface area contributed by atoms with E-state index in [4.69, 9.17) is 0 Å². The maximum Gasteiger partial charge on any atom is 0.0328 e. The molecule has 3 heterocycles. The average Bonchev–Trinajstić information content (AvgIpc) is 3.01. The van der Waals surface area contributed by atoms with Crippen molar-refractivity contribution in [2.45, 2.75) is 19.0 Å². The molecule has 0 bridgehead atoms. The van der Waals surface area contributed by atoms with Gasteiger partial charge in [0.05, 0.1) is 0 Å². The van der Waals surface area contributed by atoms with Crippen molar-refractivity contribution in [1.29, 1.82) is 0 Å². The molecule has 1 aromatic heterocycles. The maximum absolute atomic E-state index is 3.46. The molecule has 0 amide bonds. The quantitative estimate of drug-likeness (QED) is 0.871. The lowest BCUT2D eigenvalue weighted by Gasteiger charge is -2.37. The summed E-state index contributed by atoms with van der Waals surface area (Å²) in [5, 5.41) is 5.64. The fourth-order valence-electron chi connectivity index (χ4n) is 2.86. The Morgan fingerprint density at radius 2 is 2.18 bits per heavy atom. The van der Waals surface area contributed by atoms with Crippen molar-refractivity contribution in [3.8, 4) is 0 Å². The van der Waals surface area contributed by atoms with E-state index < -0.39 is 0 Å². The standard InChI is InChI=1S/C13H21N3S/c1-2-13(17-9-1)11-15-5-7-16(8-6-15)12-3-4-14-10-12/h1-2,9,12,14H,3-8,10-11H2. The molecule has 0 aromatic carbocycles. The summed E-state index contributed by atoms with van der Waals surface area (Å²) in [4.78, 5) is 6.76. The van der Waals surface area contributed by atoms with Gasteiger partial charge in [-0.05, 0) is 24.4 Å². The summed E-state index contributed by atoms with van der Waals surface area (Å²) in [6.45, 7) is 8.51. The maximum atomic E-state index is 3.46. The third-order valence-electron chi connectivity index (χ3n) is 3.92. The van der Waals surface area contributed by atoms with Crippen LogP contribution in [0.15, 0.2) is 17.5 Å². The van der Waals surface area contributed by atoms with Crippen LogP contribution in [-0.2, 0) is 6.54 Å². The number of nitrogens with zero attached hydrogens (tertiary/aromatic N) is 2. The molecule has 17 heavy (non-hydrogen) atoms. The highest BCUT2D eigenvalue weighted by atomic mass is 32.1. The van der Waals surface area contributed by atoms with Gasteiger partial charge in [0, 0.05) is 50.2 Å². The summed E-state index contributed by atoms with van der Waals surface area (Å²) in [6, 6.07) is 5.21. The van der Waals surface area contributed by atoms with Crippen molar-refractivity contribution >= 4 is 11.3 Å². The number of hydrogen-bond acceptors (Lipinski definition) is 4. The first-order valence-electron chi connectivity index (χ1n) is 6.61. The summed E-state index contributed by atoms with van der Waals surface area (Å²) >= 11 is 1.88. The molecule has 2 saturated heterocycles. The average molecular weight is 251 g/mol. The molecule has 2 aliphatic heterocycles. The third-order valence-corrected chi connectivity index (χ3v) is 4.78. The highest BCUT2D eigenvalue weighted by molar-refractivity contribution is 7.09. The van der Waals surface area contributed by atoms with Crippen LogP contribution >= 0.6 is 11.3 Å². The van der Waals surface area contributed by atoms with Gasteiger partial charge in [0.25, 0.3) is 0 Å². The molecule has 2 fully saturated rings. The first kappa shape index (κ1) is 11.7. The number of hydrogen-bond donors (Lipinski definition) is 1. The summed E-state index contributed by atoms with van der Waals surface area (Å²) in [7, 11) is 0. The van der Waals surface area contributed by atoms with Gasteiger partial charge in [-0.1, -0.05) is 6.07 Å². The molecule has 1 N–H and O–H groups in total. The number of rotatable bonds is 3. The molecule has 1 unspecified atom stereocenters. The third kappa shape index (κ3) is 2.88. The zero-order valence-electron chi connectivity index (χ0n) is 10.3. The van der Waals surface area contributed by atoms with Gasteiger partial charge in [0.15, 0.2) is 0 Å². The van der Waals surface area contributed by atoms with Crippen LogP contribution in [0.4, 0.5) is 0 Å². The van der Waals surface area contributed by atoms with Gasteiger partial charge in [-0.25, -0.2) is 0 Å². The summed E-state index contributed by atoms with van der Waals surface area (Å²) in [5.41, 5.74) is 0. The van der Waals surface area contributed by atoms with Gasteiger partial charge in [0.2, 0.25) is 0 Å². The van der Waals surface area contributed by atoms with Gasteiger partial charge in [-0.3, -0.25) is 9.80 Å². The van der Waals surface area contributed by atoms with E-state index in [1.165, 1.54) is 50.6 Å². The van der Waals surface area contributed by atoms with Crippen LogP contribution in [0, 0.1) is 0 Å². The molecule has 0 spiro atoms. The van der Waals surface area contributed by atoms with Gasteiger partial charge in [-0.2, -0.15) is 0 Å². The fraction of sp³-hybridized carbons (Fsp3) is 0.692. The molecular weight excluding hydrogens is 230 g/mol. The van der Waals surface area contributed by atoms with E-state index in [2.05, 4.69) is 32.6 Å². The molecule has 94 valence electrons. The van der Waals surface area contributed by atoms with Crippen LogP contribution in [0.1, 0.15) is 11.3 Å². The molecule has 1 atom stereocenters. The lowest BCUT2D eigenvalue weighted by molar-refractivity contribution is 0.0988. The van der Waals surface area contributed by atoms with Crippen molar-refractivity contribution in [2.75, 3.05) is 39.3 Å². The lowest BCUT2D eigenvalue weighted by Crippen LogP contribution is -2.50. The topological polar surface area (TPSA) is 18.5 Å². The van der Waals surface area contributed by atoms with E-state index in [-0.39, 0.29) is 0 Å². The van der Waals surface area contributed by atoms with E-state index in [1.807, 2.05) is 11.3 Å². The second kappa shape index (κ2) is 5.48. The van der Waals surface area contributed by atoms with Crippen molar-refractivity contribution in [3.63, 3.8) is 0 Å². The van der Waals surface area contributed by atoms with Gasteiger partial charge < -0.3 is 5.32 Å². The Morgan fingerprint density at radius 3 is 2.82 bits per heavy atom. The Balaban J connectivity index is 1.47. The van der Waals surface area contributed by atoms with E-state index in [0.29, 0.717) is 0 Å². The second-order valence-electron chi connectivity index (χ2n) is 5.04. The van der Waals surface area contributed by atoms with E-state index >= 15 is 0 Å². The zero-order valence-corrected chi connectivity index (χ0v) is 11.1. The SMILES string of the molecule is c1csc(CN2CCN(C3CCNC3)CC2)c1. The Labute approximate surface area is 107 Å². The highest BCUT2D eigenvalue weighted by Gasteiger charge is 2.25. The Hall–Kier alpha value is -0.420. The lowest BCUT2D eigenvalue weighted by atomic mass is 10.2. The predicted octanol–water partition coefficient (Wildman–Crippen LogP) is 1.23. The van der Waals surface area contributed by atoms with E-state index in [1.54, 1.807) is 0 Å². The largest absolute Gasteiger partial charge is 0.315 e. The molecule has 0 radical (unpaired) electrons. The smallest absolute Gasteiger partial charge is 0.0328 e. The van der Waals surface area contributed by atoms with Crippen molar-refractivity contribution in [3.05, 3.63) is 22.4 Å². The monoisotopic (exact) mass is 251 g/mol. The van der Waals surface area contributed by atoms with Crippen molar-refractivity contribution in [2.24, 2.45) is 0 Å². The van der Waals surface area contributed by atoms with Crippen LogP contribution in [-0.4, -0.2) is 55.1 Å². The van der Waals surface area contributed by atoms with Crippen molar-refractivity contribution in [1.82, 2.24) is 15.1 Å². The zero-order chi connectivity index (χ0) is 11.5. The molecule has 3 rings (SSSR count). The minimum atomic E-state index is 0.805. The van der Waals surface area contributed by atoms with Crippen LogP contribution < -0.4 is 5.32 Å². The van der Waals surface area contributed by atoms with Gasteiger partial charge >= 0.3 is 0 Å². The molecular formula is C13H21N3S. The Morgan fingerprint density at radius 1 is 1.29 bits per heavy atom. The first-order chi connectivity index (χ1) is 8.42. The molecule has 4 heteroatoms. The van der Waals surface area contributed by atoms with Gasteiger partial charge in [0.1, 0.15) is 0 Å². The minimum absolute atomic E-state index is 0.805. The fourth-order valence-corrected chi connectivity index (χ4v) is 3.61. The summed E-state index contributed by atoms with van der Waals surface area (Å²) in [6.07, 6.45) is 1.34. The first-order valence-corrected chi connectivity index (χ1v) is 7.49. The highest BCUT2D eigenvalue weighted by Crippen LogP contribution is 2.16. The Bertz CT molecular complexity index is 324. The molecule has 3 nitrogen and oxygen atoms in total. The van der Waals surface area contributed by atoms with E-state index in [9.17, 15) is 0 Å². The van der Waals surface area contributed by atoms with Crippen LogP contribution in [0.2, 0.25) is 0 Å². The van der Waals surface area contributed by atoms with E-state index in [0.717, 1.165) is 12.6 Å². The van der Waals surface area contributed by atoms with Crippen LogP contribution in [0.3, 0.4) is 0 Å². The number of piperazine rings is 1. The van der Waals surface area contributed by atoms with Crippen LogP contribution in [0.5, 0.6) is 0 Å². The van der Waals surface area contributed by atoms with Crippen LogP contribution in [0.25, 0.3) is 0 Å². The molecule has 0 aliphatic carbocycles. The normalized spacial score (nSPS) is 27.6.